The monoisotopic (exact) mass is 358 g/mol. The maximum atomic E-state index is 11.7. The van der Waals surface area contributed by atoms with E-state index in [2.05, 4.69) is 25.5 Å². The minimum Gasteiger partial charge on any atom is -0.130 e. The van der Waals surface area contributed by atoms with Crippen LogP contribution in [0.3, 0.4) is 0 Å². The molecule has 0 aliphatic carbocycles. The van der Waals surface area contributed by atoms with Crippen LogP contribution in [0.1, 0.15) is 104 Å². The van der Waals surface area contributed by atoms with E-state index in [0.29, 0.717) is 6.61 Å². The van der Waals surface area contributed by atoms with Crippen molar-refractivity contribution in [3.8, 4) is 0 Å². The summed E-state index contributed by atoms with van der Waals surface area (Å²) in [6, 6.07) is 0. The van der Waals surface area contributed by atoms with Crippen LogP contribution in [0.5, 0.6) is 0 Å². The number of allylic oxidation sites excluding steroid dienone is 1. The molecule has 1 N–H and O–H groups in total. The largest absolute Gasteiger partial charge is 0.612 e. The van der Waals surface area contributed by atoms with Crippen molar-refractivity contribution in [2.75, 3.05) is 13.2 Å². The molecule has 142 valence electrons. The summed E-state index contributed by atoms with van der Waals surface area (Å²) in [5.74, 6) is 0. The molecule has 4 heteroatoms. The zero-order valence-corrected chi connectivity index (χ0v) is 17.2. The molecule has 0 aromatic rings. The highest BCUT2D eigenvalue weighted by Crippen LogP contribution is 2.18. The van der Waals surface area contributed by atoms with Crippen molar-refractivity contribution in [2.45, 2.75) is 104 Å². The summed E-state index contributed by atoms with van der Waals surface area (Å²) in [6.45, 7) is 9.78. The number of nitrogens with one attached hydrogen (secondary N) is 1. The smallest absolute Gasteiger partial charge is 0.130 e. The number of hydrogen-bond donors (Lipinski definition) is 1. The maximum absolute atomic E-state index is 11.7. The zero-order chi connectivity index (χ0) is 17.9. The summed E-state index contributed by atoms with van der Waals surface area (Å²) in [4.78, 5) is 0. The minimum absolute atomic E-state index is 0.616. The molecule has 0 rings (SSSR count). The molecule has 0 aliphatic rings. The normalized spacial score (nSPS) is 11.7. The van der Waals surface area contributed by atoms with Crippen LogP contribution in [0.2, 0.25) is 0 Å². The highest BCUT2D eigenvalue weighted by Gasteiger charge is 2.15. The Hall–Kier alpha value is -0.240. The van der Waals surface area contributed by atoms with Crippen molar-refractivity contribution in [3.63, 3.8) is 0 Å². The van der Waals surface area contributed by atoms with E-state index >= 15 is 0 Å². The first-order chi connectivity index (χ1) is 11.7. The summed E-state index contributed by atoms with van der Waals surface area (Å²) < 4.78 is 17.0. The van der Waals surface area contributed by atoms with E-state index in [1.807, 2.05) is 0 Å². The molecule has 0 aliphatic heterocycles. The second-order valence-electron chi connectivity index (χ2n) is 6.74. The lowest BCUT2D eigenvalue weighted by atomic mass is 10.1. The average molecular weight is 359 g/mol. The average Bonchev–Trinajstić information content (AvgIpc) is 2.59. The van der Waals surface area contributed by atoms with E-state index in [9.17, 15) is 4.57 Å². The van der Waals surface area contributed by atoms with Gasteiger partial charge in [0.05, 0.1) is 0 Å². The van der Waals surface area contributed by atoms with Crippen LogP contribution in [0, 0.1) is 0 Å². The predicted molar refractivity (Wildman–Crippen MR) is 107 cm³/mol. The Morgan fingerprint density at radius 1 is 0.875 bits per heavy atom. The summed E-state index contributed by atoms with van der Waals surface area (Å²) in [5.41, 5.74) is 1.30. The first-order valence-electron chi connectivity index (χ1n) is 10.2. The molecule has 0 bridgehead atoms. The van der Waals surface area contributed by atoms with Crippen LogP contribution in [0.15, 0.2) is 12.2 Å². The fourth-order valence-corrected chi connectivity index (χ4v) is 3.36. The van der Waals surface area contributed by atoms with Gasteiger partial charge < -0.3 is 0 Å². The van der Waals surface area contributed by atoms with Gasteiger partial charge in [0.2, 0.25) is 0 Å². The second-order valence-corrected chi connectivity index (χ2v) is 7.83. The first-order valence-corrected chi connectivity index (χ1v) is 11.4. The maximum Gasteiger partial charge on any atom is 0.612 e. The molecule has 0 saturated heterocycles. The van der Waals surface area contributed by atoms with Crippen LogP contribution in [-0.4, -0.2) is 13.2 Å². The molecule has 0 aromatic carbocycles. The molecule has 0 saturated carbocycles. The second kappa shape index (κ2) is 19.1. The molecule has 24 heavy (non-hydrogen) atoms. The third-order valence-corrected chi connectivity index (χ3v) is 5.30. The van der Waals surface area contributed by atoms with Gasteiger partial charge in [0.25, 0.3) is 0 Å². The molecule has 0 heterocycles. The molecule has 1 atom stereocenters. The molecule has 0 fully saturated rings. The van der Waals surface area contributed by atoms with Gasteiger partial charge in [0.15, 0.2) is 0 Å². The Morgan fingerprint density at radius 2 is 1.46 bits per heavy atom. The summed E-state index contributed by atoms with van der Waals surface area (Å²) in [7, 11) is -1.67. The topological polar surface area (TPSA) is 38.3 Å². The van der Waals surface area contributed by atoms with E-state index in [1.165, 1.54) is 63.4 Å². The highest BCUT2D eigenvalue weighted by molar-refractivity contribution is 7.36. The molecule has 0 aromatic heterocycles. The van der Waals surface area contributed by atoms with Crippen molar-refractivity contribution in [1.29, 1.82) is 0 Å². The van der Waals surface area contributed by atoms with E-state index in [1.54, 1.807) is 0 Å². The van der Waals surface area contributed by atoms with Gasteiger partial charge in [-0.15, -0.1) is 4.52 Å². The molecule has 0 spiro atoms. The number of unbranched alkanes of at least 4 members (excludes halogenated alkanes) is 10. The Labute approximate surface area is 151 Å². The van der Waals surface area contributed by atoms with Gasteiger partial charge in [0.1, 0.15) is 6.61 Å². The molecular weight excluding hydrogens is 317 g/mol. The van der Waals surface area contributed by atoms with Gasteiger partial charge in [-0.3, -0.25) is 0 Å². The SMILES string of the molecule is C=C(CC)CCCCN[P+](=O)OCCCCCCCCCCCC. The Morgan fingerprint density at radius 3 is 2.04 bits per heavy atom. The van der Waals surface area contributed by atoms with Gasteiger partial charge in [-0.2, -0.15) is 0 Å². The number of hydrogen-bond acceptors (Lipinski definition) is 2. The number of rotatable bonds is 19. The predicted octanol–water partition coefficient (Wildman–Crippen LogP) is 7.31. The molecule has 0 radical (unpaired) electrons. The van der Waals surface area contributed by atoms with E-state index in [4.69, 9.17) is 4.52 Å². The van der Waals surface area contributed by atoms with E-state index in [-0.39, 0.29) is 0 Å². The van der Waals surface area contributed by atoms with Gasteiger partial charge in [-0.1, -0.05) is 88.9 Å². The van der Waals surface area contributed by atoms with Gasteiger partial charge in [-0.25, -0.2) is 0 Å². The third-order valence-electron chi connectivity index (χ3n) is 4.40. The highest BCUT2D eigenvalue weighted by atomic mass is 31.1. The Balaban J connectivity index is 3.19. The van der Waals surface area contributed by atoms with Crippen molar-refractivity contribution in [2.24, 2.45) is 0 Å². The van der Waals surface area contributed by atoms with Crippen molar-refractivity contribution in [1.82, 2.24) is 5.09 Å². The zero-order valence-electron chi connectivity index (χ0n) is 16.3. The van der Waals surface area contributed by atoms with Crippen LogP contribution >= 0.6 is 8.18 Å². The van der Waals surface area contributed by atoms with Crippen LogP contribution < -0.4 is 5.09 Å². The van der Waals surface area contributed by atoms with Crippen molar-refractivity contribution >= 4 is 8.18 Å². The lowest BCUT2D eigenvalue weighted by molar-refractivity contribution is 0.309. The fourth-order valence-electron chi connectivity index (χ4n) is 2.63. The molecule has 1 unspecified atom stereocenters. The van der Waals surface area contributed by atoms with Gasteiger partial charge >= 0.3 is 8.18 Å². The Bertz CT molecular complexity index is 308. The van der Waals surface area contributed by atoms with Gasteiger partial charge in [-0.05, 0) is 36.7 Å². The van der Waals surface area contributed by atoms with Crippen molar-refractivity contribution < 1.29 is 9.09 Å². The standard InChI is InChI=1S/C20H41NO2P/c1-4-6-7-8-9-10-11-12-13-16-19-23-24(22)21-18-15-14-17-20(3)5-2/h3-19H2,1-2H3,(H,21,22)/q+1. The first kappa shape index (κ1) is 23.8. The molecule has 0 amide bonds. The van der Waals surface area contributed by atoms with Gasteiger partial charge in [0, 0.05) is 6.54 Å². The van der Waals surface area contributed by atoms with Crippen LogP contribution in [0.25, 0.3) is 0 Å². The quantitative estimate of drug-likeness (QED) is 0.149. The fraction of sp³-hybridized carbons (Fsp3) is 0.900. The summed E-state index contributed by atoms with van der Waals surface area (Å²) in [5, 5.41) is 2.97. The summed E-state index contributed by atoms with van der Waals surface area (Å²) >= 11 is 0. The molecular formula is C20H41NO2P+. The van der Waals surface area contributed by atoms with Crippen molar-refractivity contribution in [3.05, 3.63) is 12.2 Å². The lowest BCUT2D eigenvalue weighted by Gasteiger charge is -2.01. The van der Waals surface area contributed by atoms with E-state index in [0.717, 1.165) is 38.6 Å². The van der Waals surface area contributed by atoms with Crippen LogP contribution in [-0.2, 0) is 9.09 Å². The van der Waals surface area contributed by atoms with Crippen LogP contribution in [0.4, 0.5) is 0 Å². The summed E-state index contributed by atoms with van der Waals surface area (Å²) in [6.07, 6.45) is 17.4. The molecule has 3 nitrogen and oxygen atoms in total. The van der Waals surface area contributed by atoms with E-state index < -0.39 is 8.18 Å². The minimum atomic E-state index is -1.67. The third kappa shape index (κ3) is 18.1. The lowest BCUT2D eigenvalue weighted by Crippen LogP contribution is -2.07. The Kier molecular flexibility index (Phi) is 18.9.